The number of nitrogens with one attached hydrogen (secondary N) is 1. The zero-order valence-electron chi connectivity index (χ0n) is 15.4. The van der Waals surface area contributed by atoms with E-state index in [2.05, 4.69) is 9.97 Å². The van der Waals surface area contributed by atoms with Crippen molar-refractivity contribution in [2.45, 2.75) is 6.61 Å². The second kappa shape index (κ2) is 7.93. The van der Waals surface area contributed by atoms with Crippen LogP contribution in [0.25, 0.3) is 22.3 Å². The highest BCUT2D eigenvalue weighted by Gasteiger charge is 2.17. The fourth-order valence-corrected chi connectivity index (χ4v) is 3.26. The highest BCUT2D eigenvalue weighted by atomic mass is 35.5. The normalized spacial score (nSPS) is 10.9. The minimum Gasteiger partial charge on any atom is -0.493 e. The predicted octanol–water partition coefficient (Wildman–Crippen LogP) is 4.97. The smallest absolute Gasteiger partial charge is 0.259 e. The number of aromatic nitrogens is 2. The van der Waals surface area contributed by atoms with Crippen molar-refractivity contribution in [3.8, 4) is 22.9 Å². The zero-order chi connectivity index (χ0) is 20.4. The number of hydrogen-bond acceptors (Lipinski definition) is 4. The standard InChI is InChI=1S/C22H16ClFN2O3/c1-28-19-11-4-7-14(20(19)29-12-15-16(23)8-5-9-17(15)24)21-25-18-10-3-2-6-13(18)22(27)26-21/h2-11H,12H2,1H3,(H,25,26,27). The molecule has 5 nitrogen and oxygen atoms in total. The lowest BCUT2D eigenvalue weighted by Gasteiger charge is -2.16. The van der Waals surface area contributed by atoms with E-state index in [1.54, 1.807) is 42.5 Å². The van der Waals surface area contributed by atoms with Crippen molar-refractivity contribution < 1.29 is 13.9 Å². The molecule has 3 aromatic carbocycles. The first-order chi connectivity index (χ1) is 14.1. The maximum Gasteiger partial charge on any atom is 0.259 e. The molecular weight excluding hydrogens is 395 g/mol. The molecule has 0 saturated carbocycles. The van der Waals surface area contributed by atoms with Crippen molar-refractivity contribution in [1.29, 1.82) is 0 Å². The molecule has 1 N–H and O–H groups in total. The molecule has 0 atom stereocenters. The van der Waals surface area contributed by atoms with Gasteiger partial charge in [0.2, 0.25) is 0 Å². The van der Waals surface area contributed by atoms with Crippen LogP contribution in [0.5, 0.6) is 11.5 Å². The molecule has 0 radical (unpaired) electrons. The van der Waals surface area contributed by atoms with Crippen molar-refractivity contribution in [3.63, 3.8) is 0 Å². The predicted molar refractivity (Wildman–Crippen MR) is 110 cm³/mol. The third-order valence-electron chi connectivity index (χ3n) is 4.49. The van der Waals surface area contributed by atoms with Crippen molar-refractivity contribution in [2.24, 2.45) is 0 Å². The monoisotopic (exact) mass is 410 g/mol. The van der Waals surface area contributed by atoms with Crippen LogP contribution >= 0.6 is 11.6 Å². The summed E-state index contributed by atoms with van der Waals surface area (Å²) in [6, 6.07) is 16.7. The van der Waals surface area contributed by atoms with Gasteiger partial charge in [0.25, 0.3) is 5.56 Å². The molecule has 0 aliphatic rings. The van der Waals surface area contributed by atoms with E-state index < -0.39 is 5.82 Å². The van der Waals surface area contributed by atoms with Gasteiger partial charge in [-0.25, -0.2) is 9.37 Å². The number of para-hydroxylation sites is 2. The molecule has 4 aromatic rings. The quantitative estimate of drug-likeness (QED) is 0.504. The number of methoxy groups -OCH3 is 1. The van der Waals surface area contributed by atoms with E-state index in [0.717, 1.165) is 0 Å². The number of rotatable bonds is 5. The van der Waals surface area contributed by atoms with E-state index in [9.17, 15) is 9.18 Å². The average Bonchev–Trinajstić information content (AvgIpc) is 2.73. The minimum atomic E-state index is -0.466. The van der Waals surface area contributed by atoms with Gasteiger partial charge in [0, 0.05) is 5.56 Å². The summed E-state index contributed by atoms with van der Waals surface area (Å²) in [5, 5.41) is 0.749. The van der Waals surface area contributed by atoms with Crippen LogP contribution in [0.15, 0.2) is 65.5 Å². The molecule has 7 heteroatoms. The van der Waals surface area contributed by atoms with E-state index in [1.807, 2.05) is 6.07 Å². The van der Waals surface area contributed by atoms with Gasteiger partial charge in [-0.05, 0) is 36.4 Å². The van der Waals surface area contributed by atoms with E-state index in [1.165, 1.54) is 19.2 Å². The van der Waals surface area contributed by atoms with Crippen LogP contribution < -0.4 is 15.0 Å². The van der Waals surface area contributed by atoms with E-state index in [-0.39, 0.29) is 22.8 Å². The Morgan fingerprint density at radius 2 is 1.86 bits per heavy atom. The lowest BCUT2D eigenvalue weighted by atomic mass is 10.1. The maximum absolute atomic E-state index is 14.1. The molecule has 0 bridgehead atoms. The first kappa shape index (κ1) is 19.0. The first-order valence-corrected chi connectivity index (χ1v) is 9.18. The van der Waals surface area contributed by atoms with Crippen LogP contribution in [0.2, 0.25) is 5.02 Å². The minimum absolute atomic E-state index is 0.114. The maximum atomic E-state index is 14.1. The molecule has 29 heavy (non-hydrogen) atoms. The topological polar surface area (TPSA) is 64.2 Å². The van der Waals surface area contributed by atoms with Crippen LogP contribution in [0.3, 0.4) is 0 Å². The fourth-order valence-electron chi connectivity index (χ4n) is 3.04. The number of H-pyrrole nitrogens is 1. The summed E-state index contributed by atoms with van der Waals surface area (Å²) >= 11 is 6.10. The Bertz CT molecular complexity index is 1240. The number of fused-ring (bicyclic) bond motifs is 1. The Morgan fingerprint density at radius 3 is 2.66 bits per heavy atom. The van der Waals surface area contributed by atoms with Gasteiger partial charge in [-0.15, -0.1) is 0 Å². The number of halogens is 2. The van der Waals surface area contributed by atoms with E-state index in [0.29, 0.717) is 33.8 Å². The number of nitrogens with zero attached hydrogens (tertiary/aromatic N) is 1. The van der Waals surface area contributed by atoms with Crippen molar-refractivity contribution in [3.05, 3.63) is 87.4 Å². The van der Waals surface area contributed by atoms with Crippen molar-refractivity contribution in [2.75, 3.05) is 7.11 Å². The van der Waals surface area contributed by atoms with Crippen molar-refractivity contribution >= 4 is 22.5 Å². The summed E-state index contributed by atoms with van der Waals surface area (Å²) in [7, 11) is 1.50. The Morgan fingerprint density at radius 1 is 1.07 bits per heavy atom. The summed E-state index contributed by atoms with van der Waals surface area (Å²) in [4.78, 5) is 19.8. The Balaban J connectivity index is 1.80. The van der Waals surface area contributed by atoms with Gasteiger partial charge in [0.15, 0.2) is 11.5 Å². The molecule has 0 saturated heterocycles. The molecule has 0 fully saturated rings. The Labute approximate surface area is 170 Å². The largest absolute Gasteiger partial charge is 0.493 e. The molecule has 0 spiro atoms. The van der Waals surface area contributed by atoms with Crippen LogP contribution in [0.1, 0.15) is 5.56 Å². The lowest BCUT2D eigenvalue weighted by Crippen LogP contribution is -2.10. The van der Waals surface area contributed by atoms with Gasteiger partial charge in [0.05, 0.1) is 28.6 Å². The van der Waals surface area contributed by atoms with Gasteiger partial charge >= 0.3 is 0 Å². The number of hydrogen-bond donors (Lipinski definition) is 1. The Kier molecular flexibility index (Phi) is 5.18. The second-order valence-corrected chi connectivity index (χ2v) is 6.66. The van der Waals surface area contributed by atoms with Crippen molar-refractivity contribution in [1.82, 2.24) is 9.97 Å². The molecule has 1 aromatic heterocycles. The molecule has 4 rings (SSSR count). The van der Waals surface area contributed by atoms with Gasteiger partial charge in [-0.1, -0.05) is 35.9 Å². The highest BCUT2D eigenvalue weighted by molar-refractivity contribution is 6.31. The summed E-state index contributed by atoms with van der Waals surface area (Å²) < 4.78 is 25.4. The summed E-state index contributed by atoms with van der Waals surface area (Å²) in [6.45, 7) is -0.114. The molecule has 0 amide bonds. The second-order valence-electron chi connectivity index (χ2n) is 6.26. The van der Waals surface area contributed by atoms with Gasteiger partial charge in [-0.3, -0.25) is 4.79 Å². The van der Waals surface area contributed by atoms with Gasteiger partial charge in [-0.2, -0.15) is 0 Å². The van der Waals surface area contributed by atoms with Crippen LogP contribution in [-0.2, 0) is 6.61 Å². The third kappa shape index (κ3) is 3.67. The molecule has 0 unspecified atom stereocenters. The molecule has 0 aliphatic heterocycles. The lowest BCUT2D eigenvalue weighted by molar-refractivity contribution is 0.281. The number of ether oxygens (including phenoxy) is 2. The first-order valence-electron chi connectivity index (χ1n) is 8.80. The number of aromatic amines is 1. The summed E-state index contributed by atoms with van der Waals surface area (Å²) in [6.07, 6.45) is 0. The number of benzene rings is 3. The molecular formula is C22H16ClFN2O3. The van der Waals surface area contributed by atoms with Crippen LogP contribution in [0, 0.1) is 5.82 Å². The molecule has 0 aliphatic carbocycles. The third-order valence-corrected chi connectivity index (χ3v) is 4.84. The van der Waals surface area contributed by atoms with Crippen LogP contribution in [-0.4, -0.2) is 17.1 Å². The summed E-state index contributed by atoms with van der Waals surface area (Å²) in [5.74, 6) is 0.604. The Hall–Kier alpha value is -3.38. The van der Waals surface area contributed by atoms with E-state index >= 15 is 0 Å². The molecule has 1 heterocycles. The fraction of sp³-hybridized carbons (Fsp3) is 0.0909. The molecule has 146 valence electrons. The van der Waals surface area contributed by atoms with Gasteiger partial charge in [0.1, 0.15) is 18.2 Å². The SMILES string of the molecule is COc1cccc(-c2nc3ccccc3c(=O)[nH]2)c1OCc1c(F)cccc1Cl. The van der Waals surface area contributed by atoms with Gasteiger partial charge < -0.3 is 14.5 Å². The zero-order valence-corrected chi connectivity index (χ0v) is 16.2. The average molecular weight is 411 g/mol. The summed E-state index contributed by atoms with van der Waals surface area (Å²) in [5.41, 5.74) is 1.03. The van der Waals surface area contributed by atoms with E-state index in [4.69, 9.17) is 21.1 Å². The van der Waals surface area contributed by atoms with Crippen LogP contribution in [0.4, 0.5) is 4.39 Å². The highest BCUT2D eigenvalue weighted by Crippen LogP contribution is 2.37.